The molecule has 122 valence electrons. The standard InChI is InChI=1S/C14H14N2O5S2/c1-9(13(15)17)21-14(18)10-5-2-3-6-11(10)16-23(19,20)12-7-4-8-22-12/h2-9,16H,1H3,(H2,15,17)/t9-/m1/s1. The number of anilines is 1. The number of esters is 1. The van der Waals surface area contributed by atoms with Crippen LogP contribution in [0.25, 0.3) is 0 Å². The van der Waals surface area contributed by atoms with Gasteiger partial charge in [0.1, 0.15) is 4.21 Å². The van der Waals surface area contributed by atoms with Gasteiger partial charge in [0.25, 0.3) is 15.9 Å². The van der Waals surface area contributed by atoms with Gasteiger partial charge in [0.05, 0.1) is 11.3 Å². The number of hydrogen-bond donors (Lipinski definition) is 2. The van der Waals surface area contributed by atoms with Crippen LogP contribution in [0.1, 0.15) is 17.3 Å². The smallest absolute Gasteiger partial charge is 0.341 e. The first kappa shape index (κ1) is 17.0. The Morgan fingerprint density at radius 2 is 1.91 bits per heavy atom. The number of rotatable bonds is 6. The molecule has 1 atom stereocenters. The fraction of sp³-hybridized carbons (Fsp3) is 0.143. The van der Waals surface area contributed by atoms with E-state index in [1.165, 1.54) is 25.1 Å². The van der Waals surface area contributed by atoms with Gasteiger partial charge in [0.15, 0.2) is 6.10 Å². The van der Waals surface area contributed by atoms with E-state index in [1.807, 2.05) is 0 Å². The molecule has 0 fully saturated rings. The Hall–Kier alpha value is -2.39. The summed E-state index contributed by atoms with van der Waals surface area (Å²) >= 11 is 1.05. The van der Waals surface area contributed by atoms with Crippen LogP contribution in [0.2, 0.25) is 0 Å². The minimum absolute atomic E-state index is 0.0132. The van der Waals surface area contributed by atoms with Crippen LogP contribution in [0.15, 0.2) is 46.0 Å². The third-order valence-corrected chi connectivity index (χ3v) is 5.60. The first-order chi connectivity index (χ1) is 10.8. The zero-order valence-electron chi connectivity index (χ0n) is 12.1. The van der Waals surface area contributed by atoms with Crippen LogP contribution in [-0.4, -0.2) is 26.4 Å². The highest BCUT2D eigenvalue weighted by Crippen LogP contribution is 2.23. The second kappa shape index (κ2) is 6.80. The van der Waals surface area contributed by atoms with Crippen LogP contribution in [0, 0.1) is 0 Å². The van der Waals surface area contributed by atoms with Gasteiger partial charge < -0.3 is 10.5 Å². The topological polar surface area (TPSA) is 116 Å². The van der Waals surface area contributed by atoms with Crippen molar-refractivity contribution in [1.82, 2.24) is 0 Å². The Labute approximate surface area is 137 Å². The second-order valence-corrected chi connectivity index (χ2v) is 7.39. The average Bonchev–Trinajstić information content (AvgIpc) is 3.02. The first-order valence-corrected chi connectivity index (χ1v) is 8.83. The summed E-state index contributed by atoms with van der Waals surface area (Å²) in [4.78, 5) is 23.1. The number of para-hydroxylation sites is 1. The highest BCUT2D eigenvalue weighted by Gasteiger charge is 2.22. The predicted octanol–water partition coefficient (Wildman–Crippen LogP) is 1.58. The first-order valence-electron chi connectivity index (χ1n) is 6.47. The van der Waals surface area contributed by atoms with Crippen molar-refractivity contribution in [3.63, 3.8) is 0 Å². The minimum atomic E-state index is -3.80. The lowest BCUT2D eigenvalue weighted by molar-refractivity contribution is -0.125. The highest BCUT2D eigenvalue weighted by atomic mass is 32.2. The molecule has 1 aromatic carbocycles. The average molecular weight is 354 g/mol. The summed E-state index contributed by atoms with van der Waals surface area (Å²) in [7, 11) is -3.80. The van der Waals surface area contributed by atoms with Gasteiger partial charge in [-0.1, -0.05) is 18.2 Å². The zero-order valence-corrected chi connectivity index (χ0v) is 13.7. The number of thiophene rings is 1. The maximum atomic E-state index is 12.2. The Balaban J connectivity index is 2.28. The summed E-state index contributed by atoms with van der Waals surface area (Å²) < 4.78 is 31.8. The number of hydrogen-bond acceptors (Lipinski definition) is 6. The van der Waals surface area contributed by atoms with Crippen LogP contribution in [0.5, 0.6) is 0 Å². The third kappa shape index (κ3) is 4.08. The van der Waals surface area contributed by atoms with Crippen LogP contribution < -0.4 is 10.5 Å². The van der Waals surface area contributed by atoms with Crippen LogP contribution in [0.4, 0.5) is 5.69 Å². The number of nitrogens with one attached hydrogen (secondary N) is 1. The summed E-state index contributed by atoms with van der Waals surface area (Å²) in [6.45, 7) is 1.33. The molecular formula is C14H14N2O5S2. The summed E-state index contributed by atoms with van der Waals surface area (Å²) in [5.74, 6) is -1.64. The molecule has 9 heteroatoms. The molecular weight excluding hydrogens is 340 g/mol. The summed E-state index contributed by atoms with van der Waals surface area (Å²) in [5, 5.41) is 1.63. The number of primary amides is 1. The molecule has 0 saturated carbocycles. The molecule has 23 heavy (non-hydrogen) atoms. The molecule has 0 saturated heterocycles. The van der Waals surface area contributed by atoms with E-state index in [4.69, 9.17) is 10.5 Å². The van der Waals surface area contributed by atoms with Crippen LogP contribution >= 0.6 is 11.3 Å². The van der Waals surface area contributed by atoms with E-state index in [-0.39, 0.29) is 15.5 Å². The number of benzene rings is 1. The molecule has 3 N–H and O–H groups in total. The molecule has 0 aliphatic heterocycles. The third-order valence-electron chi connectivity index (χ3n) is 2.84. The number of nitrogens with two attached hydrogens (primary N) is 1. The molecule has 1 heterocycles. The number of carbonyl (C=O) groups is 2. The highest BCUT2D eigenvalue weighted by molar-refractivity contribution is 7.94. The quantitative estimate of drug-likeness (QED) is 0.764. The molecule has 0 radical (unpaired) electrons. The fourth-order valence-corrected chi connectivity index (χ4v) is 3.72. The maximum Gasteiger partial charge on any atom is 0.341 e. The van der Waals surface area contributed by atoms with Crippen LogP contribution in [-0.2, 0) is 19.6 Å². The van der Waals surface area contributed by atoms with E-state index in [2.05, 4.69) is 4.72 Å². The minimum Gasteiger partial charge on any atom is -0.449 e. The molecule has 1 aromatic heterocycles. The molecule has 0 spiro atoms. The van der Waals surface area contributed by atoms with E-state index in [0.717, 1.165) is 11.3 Å². The van der Waals surface area contributed by atoms with Crippen LogP contribution in [0.3, 0.4) is 0 Å². The lowest BCUT2D eigenvalue weighted by atomic mass is 10.2. The normalized spacial score (nSPS) is 12.4. The summed E-state index contributed by atoms with van der Waals surface area (Å²) in [6, 6.07) is 8.99. The van der Waals surface area contributed by atoms with Gasteiger partial charge in [-0.15, -0.1) is 11.3 Å². The van der Waals surface area contributed by atoms with Crippen molar-refractivity contribution in [2.75, 3.05) is 4.72 Å². The Morgan fingerprint density at radius 3 is 2.52 bits per heavy atom. The molecule has 0 unspecified atom stereocenters. The van der Waals surface area contributed by atoms with Crippen molar-refractivity contribution < 1.29 is 22.7 Å². The summed E-state index contributed by atoms with van der Waals surface area (Å²) in [6.07, 6.45) is -1.12. The largest absolute Gasteiger partial charge is 0.449 e. The van der Waals surface area contributed by atoms with E-state index < -0.39 is 28.0 Å². The van der Waals surface area contributed by atoms with Crippen molar-refractivity contribution in [2.45, 2.75) is 17.2 Å². The Morgan fingerprint density at radius 1 is 1.22 bits per heavy atom. The molecule has 1 amide bonds. The monoisotopic (exact) mass is 354 g/mol. The molecule has 2 rings (SSSR count). The number of ether oxygens (including phenoxy) is 1. The van der Waals surface area contributed by atoms with E-state index in [0.29, 0.717) is 0 Å². The molecule has 0 aliphatic rings. The van der Waals surface area contributed by atoms with Gasteiger partial charge in [0, 0.05) is 0 Å². The number of sulfonamides is 1. The van der Waals surface area contributed by atoms with Crippen molar-refractivity contribution in [1.29, 1.82) is 0 Å². The lowest BCUT2D eigenvalue weighted by Gasteiger charge is -2.13. The molecule has 2 aromatic rings. The Bertz CT molecular complexity index is 815. The van der Waals surface area contributed by atoms with E-state index in [1.54, 1.807) is 23.6 Å². The number of carbonyl (C=O) groups excluding carboxylic acids is 2. The SMILES string of the molecule is C[C@@H](OC(=O)c1ccccc1NS(=O)(=O)c1cccs1)C(N)=O. The van der Waals surface area contributed by atoms with Gasteiger partial charge in [-0.05, 0) is 30.5 Å². The molecule has 0 aliphatic carbocycles. The van der Waals surface area contributed by atoms with Crippen molar-refractivity contribution in [3.05, 3.63) is 47.3 Å². The molecule has 0 bridgehead atoms. The van der Waals surface area contributed by atoms with Gasteiger partial charge >= 0.3 is 5.97 Å². The van der Waals surface area contributed by atoms with E-state index in [9.17, 15) is 18.0 Å². The van der Waals surface area contributed by atoms with E-state index >= 15 is 0 Å². The maximum absolute atomic E-state index is 12.2. The lowest BCUT2D eigenvalue weighted by Crippen LogP contribution is -2.30. The summed E-state index contributed by atoms with van der Waals surface area (Å²) in [5.41, 5.74) is 5.08. The molecule has 7 nitrogen and oxygen atoms in total. The number of amides is 1. The van der Waals surface area contributed by atoms with Gasteiger partial charge in [-0.25, -0.2) is 13.2 Å². The zero-order chi connectivity index (χ0) is 17.0. The Kier molecular flexibility index (Phi) is 5.02. The van der Waals surface area contributed by atoms with Crippen molar-refractivity contribution >= 4 is 38.9 Å². The van der Waals surface area contributed by atoms with Crippen molar-refractivity contribution in [2.24, 2.45) is 5.73 Å². The second-order valence-electron chi connectivity index (χ2n) is 4.53. The van der Waals surface area contributed by atoms with Gasteiger partial charge in [0.2, 0.25) is 0 Å². The van der Waals surface area contributed by atoms with Crippen molar-refractivity contribution in [3.8, 4) is 0 Å². The van der Waals surface area contributed by atoms with Gasteiger partial charge in [-0.3, -0.25) is 9.52 Å². The van der Waals surface area contributed by atoms with Gasteiger partial charge in [-0.2, -0.15) is 0 Å². The fourth-order valence-electron chi connectivity index (χ4n) is 1.64. The predicted molar refractivity (Wildman–Crippen MR) is 85.6 cm³/mol.